The van der Waals surface area contributed by atoms with E-state index in [1.165, 1.54) is 41.3 Å². The summed E-state index contributed by atoms with van der Waals surface area (Å²) in [5.74, 6) is 0. The highest BCUT2D eigenvalue weighted by Crippen LogP contribution is 2.30. The van der Waals surface area contributed by atoms with E-state index in [4.69, 9.17) is 0 Å². The highest BCUT2D eigenvalue weighted by molar-refractivity contribution is 9.10. The molecule has 0 heterocycles. The Hall–Kier alpha value is -0.640. The van der Waals surface area contributed by atoms with Crippen LogP contribution >= 0.6 is 15.9 Å². The first kappa shape index (κ1) is 14.3. The predicted molar refractivity (Wildman–Crippen MR) is 87.6 cm³/mol. The quantitative estimate of drug-likeness (QED) is 0.726. The Morgan fingerprint density at radius 3 is 2.70 bits per heavy atom. The molecular formula is C17H23BrN2. The van der Waals surface area contributed by atoms with Crippen LogP contribution in [0.25, 0.3) is 0 Å². The summed E-state index contributed by atoms with van der Waals surface area (Å²) in [5, 5.41) is 3.56. The first-order valence-electron chi connectivity index (χ1n) is 7.62. The first-order chi connectivity index (χ1) is 9.76. The lowest BCUT2D eigenvalue weighted by Crippen LogP contribution is -2.25. The maximum Gasteiger partial charge on any atom is 0.0251 e. The van der Waals surface area contributed by atoms with Gasteiger partial charge in [-0.3, -0.25) is 4.90 Å². The first-order valence-corrected chi connectivity index (χ1v) is 8.41. The maximum atomic E-state index is 3.87. The Kier molecular flexibility index (Phi) is 4.59. The SMILES string of the molecule is C=CCN(Cc1ccc(CNC2CC2)cc1Br)C1CC1. The molecule has 1 aromatic rings. The van der Waals surface area contributed by atoms with E-state index in [1.54, 1.807) is 0 Å². The molecule has 20 heavy (non-hydrogen) atoms. The van der Waals surface area contributed by atoms with Gasteiger partial charge in [0.2, 0.25) is 0 Å². The van der Waals surface area contributed by atoms with E-state index in [2.05, 4.69) is 50.9 Å². The molecule has 0 aromatic heterocycles. The van der Waals surface area contributed by atoms with Crippen molar-refractivity contribution in [1.29, 1.82) is 0 Å². The monoisotopic (exact) mass is 334 g/mol. The van der Waals surface area contributed by atoms with Crippen LogP contribution in [0.4, 0.5) is 0 Å². The summed E-state index contributed by atoms with van der Waals surface area (Å²) in [4.78, 5) is 2.52. The van der Waals surface area contributed by atoms with Gasteiger partial charge in [0.05, 0.1) is 0 Å². The van der Waals surface area contributed by atoms with Crippen LogP contribution in [-0.2, 0) is 13.1 Å². The molecule has 108 valence electrons. The largest absolute Gasteiger partial charge is 0.310 e. The fraction of sp³-hybridized carbons (Fsp3) is 0.529. The number of benzene rings is 1. The van der Waals surface area contributed by atoms with E-state index in [-0.39, 0.29) is 0 Å². The number of hydrogen-bond donors (Lipinski definition) is 1. The average Bonchev–Trinajstić information content (AvgIpc) is 3.30. The molecule has 3 rings (SSSR count). The standard InChI is InChI=1S/C17H23BrN2/c1-2-9-20(16-7-8-16)12-14-4-3-13(10-17(14)18)11-19-15-5-6-15/h2-4,10,15-16,19H,1,5-9,11-12H2. The zero-order valence-corrected chi connectivity index (χ0v) is 13.5. The van der Waals surface area contributed by atoms with Gasteiger partial charge in [0.25, 0.3) is 0 Å². The molecule has 2 saturated carbocycles. The zero-order valence-electron chi connectivity index (χ0n) is 11.9. The molecular weight excluding hydrogens is 312 g/mol. The van der Waals surface area contributed by atoms with Crippen molar-refractivity contribution in [1.82, 2.24) is 10.2 Å². The van der Waals surface area contributed by atoms with Gasteiger partial charge >= 0.3 is 0 Å². The normalized spacial score (nSPS) is 18.5. The molecule has 1 aromatic carbocycles. The number of rotatable bonds is 8. The molecule has 1 N–H and O–H groups in total. The lowest BCUT2D eigenvalue weighted by Gasteiger charge is -2.21. The van der Waals surface area contributed by atoms with Gasteiger partial charge in [0.1, 0.15) is 0 Å². The fourth-order valence-corrected chi connectivity index (χ4v) is 3.10. The van der Waals surface area contributed by atoms with Gasteiger partial charge in [0.15, 0.2) is 0 Å². The van der Waals surface area contributed by atoms with Gasteiger partial charge in [-0.15, -0.1) is 6.58 Å². The van der Waals surface area contributed by atoms with Crippen molar-refractivity contribution in [3.8, 4) is 0 Å². The summed E-state index contributed by atoms with van der Waals surface area (Å²) in [6, 6.07) is 8.34. The zero-order chi connectivity index (χ0) is 13.9. The lowest BCUT2D eigenvalue weighted by molar-refractivity contribution is 0.283. The highest BCUT2D eigenvalue weighted by atomic mass is 79.9. The predicted octanol–water partition coefficient (Wildman–Crippen LogP) is 3.85. The molecule has 3 heteroatoms. The van der Waals surface area contributed by atoms with Crippen LogP contribution in [0.5, 0.6) is 0 Å². The van der Waals surface area contributed by atoms with Gasteiger partial charge in [-0.2, -0.15) is 0 Å². The van der Waals surface area contributed by atoms with E-state index in [9.17, 15) is 0 Å². The Morgan fingerprint density at radius 1 is 1.30 bits per heavy atom. The van der Waals surface area contributed by atoms with Crippen molar-refractivity contribution in [3.63, 3.8) is 0 Å². The average molecular weight is 335 g/mol. The minimum Gasteiger partial charge on any atom is -0.310 e. The van der Waals surface area contributed by atoms with Gasteiger partial charge in [-0.25, -0.2) is 0 Å². The molecule has 0 amide bonds. The molecule has 0 unspecified atom stereocenters. The third kappa shape index (κ3) is 3.94. The summed E-state index contributed by atoms with van der Waals surface area (Å²) < 4.78 is 1.24. The topological polar surface area (TPSA) is 15.3 Å². The molecule has 0 spiro atoms. The summed E-state index contributed by atoms with van der Waals surface area (Å²) >= 11 is 3.74. The van der Waals surface area contributed by atoms with Crippen molar-refractivity contribution in [3.05, 3.63) is 46.5 Å². The van der Waals surface area contributed by atoms with Gasteiger partial charge < -0.3 is 5.32 Å². The van der Waals surface area contributed by atoms with Gasteiger partial charge in [-0.1, -0.05) is 34.1 Å². The fourth-order valence-electron chi connectivity index (χ4n) is 2.55. The number of nitrogens with zero attached hydrogens (tertiary/aromatic N) is 1. The highest BCUT2D eigenvalue weighted by Gasteiger charge is 2.28. The Morgan fingerprint density at radius 2 is 2.10 bits per heavy atom. The van der Waals surface area contributed by atoms with Crippen molar-refractivity contribution in [2.45, 2.75) is 50.9 Å². The third-order valence-electron chi connectivity index (χ3n) is 4.09. The van der Waals surface area contributed by atoms with E-state index in [0.717, 1.165) is 31.7 Å². The lowest BCUT2D eigenvalue weighted by atomic mass is 10.1. The van der Waals surface area contributed by atoms with Crippen LogP contribution in [0.1, 0.15) is 36.8 Å². The van der Waals surface area contributed by atoms with Crippen LogP contribution in [0.15, 0.2) is 35.3 Å². The van der Waals surface area contributed by atoms with Crippen LogP contribution < -0.4 is 5.32 Å². The minimum atomic E-state index is 0.770. The van der Waals surface area contributed by atoms with E-state index in [0.29, 0.717) is 0 Å². The molecule has 0 saturated heterocycles. The summed E-state index contributed by atoms with van der Waals surface area (Å²) in [6.45, 7) is 6.87. The van der Waals surface area contributed by atoms with Crippen molar-refractivity contribution in [2.75, 3.05) is 6.54 Å². The number of halogens is 1. The molecule has 2 aliphatic carbocycles. The summed E-state index contributed by atoms with van der Waals surface area (Å²) in [7, 11) is 0. The number of hydrogen-bond acceptors (Lipinski definition) is 2. The molecule has 0 bridgehead atoms. The van der Waals surface area contributed by atoms with Gasteiger partial charge in [0, 0.05) is 36.2 Å². The smallest absolute Gasteiger partial charge is 0.0251 e. The van der Waals surface area contributed by atoms with E-state index in [1.807, 2.05) is 6.08 Å². The molecule has 0 atom stereocenters. The summed E-state index contributed by atoms with van der Waals surface area (Å²) in [5.41, 5.74) is 2.75. The van der Waals surface area contributed by atoms with Crippen LogP contribution in [0, 0.1) is 0 Å². The number of nitrogens with one attached hydrogen (secondary N) is 1. The molecule has 0 radical (unpaired) electrons. The molecule has 2 aliphatic rings. The van der Waals surface area contributed by atoms with Crippen molar-refractivity contribution < 1.29 is 0 Å². The minimum absolute atomic E-state index is 0.770. The Bertz CT molecular complexity index is 478. The Labute approximate surface area is 130 Å². The van der Waals surface area contributed by atoms with Crippen molar-refractivity contribution in [2.24, 2.45) is 0 Å². The molecule has 2 fully saturated rings. The molecule has 2 nitrogen and oxygen atoms in total. The maximum absolute atomic E-state index is 3.87. The third-order valence-corrected chi connectivity index (χ3v) is 4.83. The van der Waals surface area contributed by atoms with Crippen LogP contribution in [0.3, 0.4) is 0 Å². The van der Waals surface area contributed by atoms with Gasteiger partial charge in [-0.05, 0) is 42.9 Å². The second-order valence-electron chi connectivity index (χ2n) is 6.03. The van der Waals surface area contributed by atoms with E-state index < -0.39 is 0 Å². The molecule has 0 aliphatic heterocycles. The summed E-state index contributed by atoms with van der Waals surface area (Å²) in [6.07, 6.45) is 7.39. The second kappa shape index (κ2) is 6.42. The Balaban J connectivity index is 1.61. The van der Waals surface area contributed by atoms with Crippen molar-refractivity contribution >= 4 is 15.9 Å². The van der Waals surface area contributed by atoms with Crippen LogP contribution in [-0.4, -0.2) is 23.5 Å². The van der Waals surface area contributed by atoms with Crippen LogP contribution in [0.2, 0.25) is 0 Å². The second-order valence-corrected chi connectivity index (χ2v) is 6.88. The van der Waals surface area contributed by atoms with E-state index >= 15 is 0 Å².